The Balaban J connectivity index is 1.23. The highest BCUT2D eigenvalue weighted by molar-refractivity contribution is 5.84. The zero-order valence-electron chi connectivity index (χ0n) is 17.7. The number of hydrogen-bond donors (Lipinski definition) is 1. The number of rotatable bonds is 5. The Hall–Kier alpha value is -3.41. The standard InChI is InChI=1S/C25H27N5O/c1-18-11-20(9-10-29(18)25(31)12-19-5-3-2-4-6-19)17-30-24-8-7-21(13-22(24)16-28-30)23-14-26-27-15-23/h2-8,13-16,18,20H,9-12,17H2,1H3,(H,26,27). The molecule has 6 nitrogen and oxygen atoms in total. The summed E-state index contributed by atoms with van der Waals surface area (Å²) >= 11 is 0. The molecule has 158 valence electrons. The fraction of sp³-hybridized carbons (Fsp3) is 0.320. The van der Waals surface area contributed by atoms with Crippen molar-refractivity contribution in [2.24, 2.45) is 5.92 Å². The Kier molecular flexibility index (Phi) is 5.28. The lowest BCUT2D eigenvalue weighted by Crippen LogP contribution is -2.46. The van der Waals surface area contributed by atoms with Crippen LogP contribution in [0.15, 0.2) is 67.1 Å². The monoisotopic (exact) mass is 413 g/mol. The quantitative estimate of drug-likeness (QED) is 0.531. The van der Waals surface area contributed by atoms with Gasteiger partial charge in [0, 0.05) is 36.3 Å². The van der Waals surface area contributed by atoms with Crippen molar-refractivity contribution >= 4 is 16.8 Å². The lowest BCUT2D eigenvalue weighted by atomic mass is 9.91. The molecule has 3 heterocycles. The smallest absolute Gasteiger partial charge is 0.227 e. The summed E-state index contributed by atoms with van der Waals surface area (Å²) in [4.78, 5) is 14.9. The van der Waals surface area contributed by atoms with Gasteiger partial charge in [0.15, 0.2) is 0 Å². The number of carbonyl (C=O) groups excluding carboxylic acids is 1. The summed E-state index contributed by atoms with van der Waals surface area (Å²) in [6, 6.07) is 16.7. The lowest BCUT2D eigenvalue weighted by Gasteiger charge is -2.38. The van der Waals surface area contributed by atoms with Crippen molar-refractivity contribution in [2.75, 3.05) is 6.54 Å². The zero-order chi connectivity index (χ0) is 21.2. The van der Waals surface area contributed by atoms with E-state index in [2.05, 4.69) is 50.0 Å². The average molecular weight is 414 g/mol. The van der Waals surface area contributed by atoms with Crippen LogP contribution in [0.5, 0.6) is 0 Å². The Labute approximate surface area is 181 Å². The molecule has 31 heavy (non-hydrogen) atoms. The first-order valence-corrected chi connectivity index (χ1v) is 11.0. The fourth-order valence-electron chi connectivity index (χ4n) is 4.74. The Morgan fingerprint density at radius 3 is 2.77 bits per heavy atom. The number of aromatic amines is 1. The Morgan fingerprint density at radius 1 is 1.13 bits per heavy atom. The number of amides is 1. The van der Waals surface area contributed by atoms with Crippen LogP contribution in [0.3, 0.4) is 0 Å². The second-order valence-electron chi connectivity index (χ2n) is 8.58. The summed E-state index contributed by atoms with van der Waals surface area (Å²) in [6.45, 7) is 3.88. The molecular formula is C25H27N5O. The molecule has 2 unspecified atom stereocenters. The van der Waals surface area contributed by atoms with Crippen molar-refractivity contribution in [3.63, 3.8) is 0 Å². The van der Waals surface area contributed by atoms with Crippen molar-refractivity contribution in [3.05, 3.63) is 72.7 Å². The SMILES string of the molecule is CC1CC(Cn2ncc3cc(-c4cn[nH]c4)ccc32)CCN1C(=O)Cc1ccccc1. The van der Waals surface area contributed by atoms with Crippen LogP contribution in [0, 0.1) is 5.92 Å². The van der Waals surface area contributed by atoms with Crippen LogP contribution in [-0.4, -0.2) is 43.4 Å². The van der Waals surface area contributed by atoms with Crippen LogP contribution < -0.4 is 0 Å². The van der Waals surface area contributed by atoms with Crippen molar-refractivity contribution in [1.82, 2.24) is 24.9 Å². The molecule has 2 aromatic carbocycles. The van der Waals surface area contributed by atoms with E-state index in [1.807, 2.05) is 48.9 Å². The largest absolute Gasteiger partial charge is 0.340 e. The number of likely N-dealkylation sites (tertiary alicyclic amines) is 1. The zero-order valence-corrected chi connectivity index (χ0v) is 17.7. The molecule has 2 atom stereocenters. The second kappa shape index (κ2) is 8.38. The number of nitrogens with zero attached hydrogens (tertiary/aromatic N) is 4. The van der Waals surface area contributed by atoms with E-state index in [0.29, 0.717) is 12.3 Å². The van der Waals surface area contributed by atoms with Gasteiger partial charge in [-0.25, -0.2) is 0 Å². The maximum atomic E-state index is 12.8. The van der Waals surface area contributed by atoms with Crippen LogP contribution in [0.25, 0.3) is 22.0 Å². The third-order valence-electron chi connectivity index (χ3n) is 6.41. The maximum Gasteiger partial charge on any atom is 0.227 e. The molecule has 0 radical (unpaired) electrons. The van der Waals surface area contributed by atoms with Gasteiger partial charge in [-0.2, -0.15) is 10.2 Å². The Bertz CT molecular complexity index is 1170. The first-order chi connectivity index (χ1) is 15.2. The van der Waals surface area contributed by atoms with E-state index in [0.717, 1.165) is 53.5 Å². The van der Waals surface area contributed by atoms with E-state index in [1.54, 1.807) is 0 Å². The van der Waals surface area contributed by atoms with Gasteiger partial charge in [-0.3, -0.25) is 14.6 Å². The summed E-state index contributed by atoms with van der Waals surface area (Å²) in [5.41, 5.74) is 4.46. The molecule has 1 amide bonds. The van der Waals surface area contributed by atoms with E-state index in [-0.39, 0.29) is 11.9 Å². The summed E-state index contributed by atoms with van der Waals surface area (Å²) in [5, 5.41) is 12.7. The maximum absolute atomic E-state index is 12.8. The fourth-order valence-corrected chi connectivity index (χ4v) is 4.74. The second-order valence-corrected chi connectivity index (χ2v) is 8.58. The number of aromatic nitrogens is 4. The number of carbonyl (C=O) groups is 1. The molecule has 1 aliphatic heterocycles. The Morgan fingerprint density at radius 2 is 2.00 bits per heavy atom. The number of nitrogens with one attached hydrogen (secondary N) is 1. The third kappa shape index (κ3) is 4.10. The molecule has 1 aliphatic rings. The summed E-state index contributed by atoms with van der Waals surface area (Å²) < 4.78 is 2.12. The highest BCUT2D eigenvalue weighted by Crippen LogP contribution is 2.28. The minimum Gasteiger partial charge on any atom is -0.340 e. The highest BCUT2D eigenvalue weighted by Gasteiger charge is 2.29. The highest BCUT2D eigenvalue weighted by atomic mass is 16.2. The summed E-state index contributed by atoms with van der Waals surface area (Å²) in [5.74, 6) is 0.751. The molecule has 1 fully saturated rings. The molecule has 0 spiro atoms. The van der Waals surface area contributed by atoms with Crippen molar-refractivity contribution in [3.8, 4) is 11.1 Å². The molecular weight excluding hydrogens is 386 g/mol. The van der Waals surface area contributed by atoms with Crippen molar-refractivity contribution in [1.29, 1.82) is 0 Å². The molecule has 4 aromatic rings. The van der Waals surface area contributed by atoms with Gasteiger partial charge < -0.3 is 4.90 Å². The van der Waals surface area contributed by atoms with Crippen molar-refractivity contribution in [2.45, 2.75) is 38.8 Å². The van der Waals surface area contributed by atoms with Crippen LogP contribution in [-0.2, 0) is 17.8 Å². The van der Waals surface area contributed by atoms with E-state index in [4.69, 9.17) is 0 Å². The molecule has 2 aromatic heterocycles. The predicted molar refractivity (Wildman–Crippen MR) is 121 cm³/mol. The number of H-pyrrole nitrogens is 1. The van der Waals surface area contributed by atoms with E-state index < -0.39 is 0 Å². The van der Waals surface area contributed by atoms with Gasteiger partial charge in [0.1, 0.15) is 0 Å². The molecule has 1 N–H and O–H groups in total. The molecule has 1 saturated heterocycles. The van der Waals surface area contributed by atoms with Gasteiger partial charge in [-0.05, 0) is 48.9 Å². The van der Waals surface area contributed by atoms with Crippen LogP contribution >= 0.6 is 0 Å². The van der Waals surface area contributed by atoms with E-state index >= 15 is 0 Å². The minimum atomic E-state index is 0.230. The summed E-state index contributed by atoms with van der Waals surface area (Å²) in [7, 11) is 0. The van der Waals surface area contributed by atoms with E-state index in [1.165, 1.54) is 0 Å². The van der Waals surface area contributed by atoms with Gasteiger partial charge >= 0.3 is 0 Å². The number of hydrogen-bond acceptors (Lipinski definition) is 3. The van der Waals surface area contributed by atoms with Gasteiger partial charge in [-0.15, -0.1) is 0 Å². The summed E-state index contributed by atoms with van der Waals surface area (Å²) in [6.07, 6.45) is 8.19. The van der Waals surface area contributed by atoms with Crippen LogP contribution in [0.1, 0.15) is 25.3 Å². The lowest BCUT2D eigenvalue weighted by molar-refractivity contribution is -0.134. The van der Waals surface area contributed by atoms with Gasteiger partial charge in [-0.1, -0.05) is 36.4 Å². The first-order valence-electron chi connectivity index (χ1n) is 11.0. The topological polar surface area (TPSA) is 66.8 Å². The minimum absolute atomic E-state index is 0.230. The normalized spacial score (nSPS) is 19.1. The van der Waals surface area contributed by atoms with Crippen LogP contribution in [0.2, 0.25) is 0 Å². The first kappa shape index (κ1) is 19.5. The van der Waals surface area contributed by atoms with Crippen LogP contribution in [0.4, 0.5) is 0 Å². The third-order valence-corrected chi connectivity index (χ3v) is 6.41. The van der Waals surface area contributed by atoms with Gasteiger partial charge in [0.25, 0.3) is 0 Å². The number of piperidine rings is 1. The number of benzene rings is 2. The molecule has 0 saturated carbocycles. The average Bonchev–Trinajstić information content (AvgIpc) is 3.45. The van der Waals surface area contributed by atoms with E-state index in [9.17, 15) is 4.79 Å². The molecule has 0 aliphatic carbocycles. The van der Waals surface area contributed by atoms with Gasteiger partial charge in [0.05, 0.1) is 24.3 Å². The molecule has 6 heteroatoms. The molecule has 0 bridgehead atoms. The number of fused-ring (bicyclic) bond motifs is 1. The predicted octanol–water partition coefficient (Wildman–Crippen LogP) is 4.30. The van der Waals surface area contributed by atoms with Crippen molar-refractivity contribution < 1.29 is 4.79 Å². The van der Waals surface area contributed by atoms with Gasteiger partial charge in [0.2, 0.25) is 5.91 Å². The molecule has 5 rings (SSSR count).